The second-order valence-electron chi connectivity index (χ2n) is 7.13. The molecule has 0 radical (unpaired) electrons. The van der Waals surface area contributed by atoms with Gasteiger partial charge >= 0.3 is 0 Å². The summed E-state index contributed by atoms with van der Waals surface area (Å²) in [4.78, 5) is 16.3. The first-order chi connectivity index (χ1) is 13.5. The van der Waals surface area contributed by atoms with Gasteiger partial charge in [0.15, 0.2) is 0 Å². The lowest BCUT2D eigenvalue weighted by Crippen LogP contribution is -1.90. The fourth-order valence-electron chi connectivity index (χ4n) is 3.53. The summed E-state index contributed by atoms with van der Waals surface area (Å²) in [6.07, 6.45) is 0. The van der Waals surface area contributed by atoms with Crippen molar-refractivity contribution in [3.8, 4) is 22.8 Å². The highest BCUT2D eigenvalue weighted by Crippen LogP contribution is 2.33. The van der Waals surface area contributed by atoms with Crippen molar-refractivity contribution in [2.24, 2.45) is 0 Å². The monoisotopic (exact) mass is 368 g/mol. The molecule has 0 aliphatic carbocycles. The Kier molecular flexibility index (Phi) is 3.42. The van der Waals surface area contributed by atoms with E-state index in [0.29, 0.717) is 5.69 Å². The zero-order valence-corrected chi connectivity index (χ0v) is 15.7. The molecule has 0 atom stereocenters. The van der Waals surface area contributed by atoms with E-state index in [2.05, 4.69) is 9.97 Å². The number of aromatic amines is 2. The van der Waals surface area contributed by atoms with Gasteiger partial charge in [-0.15, -0.1) is 0 Å². The molecule has 0 unspecified atom stereocenters. The van der Waals surface area contributed by atoms with Crippen LogP contribution in [-0.2, 0) is 0 Å². The van der Waals surface area contributed by atoms with Crippen LogP contribution in [0.5, 0.6) is 0 Å². The normalized spacial score (nSPS) is 11.5. The molecule has 6 N–H and O–H groups in total. The van der Waals surface area contributed by atoms with Crippen LogP contribution in [0.2, 0.25) is 0 Å². The van der Waals surface area contributed by atoms with E-state index in [-0.39, 0.29) is 0 Å². The molecule has 0 fully saturated rings. The Balaban J connectivity index is 1.71. The van der Waals surface area contributed by atoms with Crippen molar-refractivity contribution < 1.29 is 0 Å². The van der Waals surface area contributed by atoms with Gasteiger partial charge in [0.05, 0.1) is 22.2 Å². The summed E-state index contributed by atoms with van der Waals surface area (Å²) in [5.74, 6) is 1.54. The number of aryl methyl sites for hydroxylation is 2. The maximum atomic E-state index is 6.23. The molecule has 138 valence electrons. The van der Waals surface area contributed by atoms with Crippen molar-refractivity contribution in [3.63, 3.8) is 0 Å². The lowest BCUT2D eigenvalue weighted by atomic mass is 10.1. The Morgan fingerprint density at radius 3 is 2.18 bits per heavy atom. The SMILES string of the molecule is Cc1cc2[nH]c(-c3ccccc3-c3nc4c(N)c(C)ccc4[nH]3)nc2cc1N. The summed E-state index contributed by atoms with van der Waals surface area (Å²) in [7, 11) is 0. The van der Waals surface area contributed by atoms with Gasteiger partial charge in [-0.25, -0.2) is 9.97 Å². The maximum absolute atomic E-state index is 6.23. The molecule has 6 heteroatoms. The summed E-state index contributed by atoms with van der Waals surface area (Å²) in [5.41, 5.74) is 21.2. The Bertz CT molecular complexity index is 1320. The Morgan fingerprint density at radius 2 is 1.43 bits per heavy atom. The first kappa shape index (κ1) is 16.4. The third-order valence-electron chi connectivity index (χ3n) is 5.22. The van der Waals surface area contributed by atoms with Crippen LogP contribution in [0, 0.1) is 13.8 Å². The van der Waals surface area contributed by atoms with E-state index in [1.54, 1.807) is 0 Å². The molecule has 0 saturated carbocycles. The molecule has 0 bridgehead atoms. The number of fused-ring (bicyclic) bond motifs is 2. The summed E-state index contributed by atoms with van der Waals surface area (Å²) < 4.78 is 0. The third kappa shape index (κ3) is 2.42. The number of nitrogens with one attached hydrogen (secondary N) is 2. The van der Waals surface area contributed by atoms with Crippen LogP contribution in [-0.4, -0.2) is 19.9 Å². The van der Waals surface area contributed by atoms with E-state index < -0.39 is 0 Å². The molecule has 5 rings (SSSR count). The van der Waals surface area contributed by atoms with Gasteiger partial charge in [-0.2, -0.15) is 0 Å². The second-order valence-corrected chi connectivity index (χ2v) is 7.13. The van der Waals surface area contributed by atoms with Gasteiger partial charge in [0.1, 0.15) is 17.2 Å². The minimum atomic E-state index is 0.701. The summed E-state index contributed by atoms with van der Waals surface area (Å²) >= 11 is 0. The molecule has 6 nitrogen and oxygen atoms in total. The molecular formula is C22H20N6. The van der Waals surface area contributed by atoms with Crippen LogP contribution in [0.1, 0.15) is 11.1 Å². The first-order valence-electron chi connectivity index (χ1n) is 9.11. The number of nitrogens with zero attached hydrogens (tertiary/aromatic N) is 2. The number of rotatable bonds is 2. The van der Waals surface area contributed by atoms with Gasteiger partial charge in [0, 0.05) is 16.8 Å². The van der Waals surface area contributed by atoms with Gasteiger partial charge in [-0.05, 0) is 43.2 Å². The molecule has 0 aliphatic rings. The number of nitrogens with two attached hydrogens (primary N) is 2. The smallest absolute Gasteiger partial charge is 0.139 e. The molecule has 5 aromatic rings. The Morgan fingerprint density at radius 1 is 0.750 bits per heavy atom. The van der Waals surface area contributed by atoms with Crippen LogP contribution in [0.15, 0.2) is 48.5 Å². The standard InChI is InChI=1S/C22H20N6/c1-11-7-8-16-20(19(11)24)28-22(25-16)14-6-4-3-5-13(14)21-26-17-9-12(2)15(23)10-18(17)27-21/h3-10H,23-24H2,1-2H3,(H,25,28)(H,26,27). The maximum Gasteiger partial charge on any atom is 0.139 e. The fraction of sp³-hybridized carbons (Fsp3) is 0.0909. The number of aromatic nitrogens is 4. The van der Waals surface area contributed by atoms with Crippen molar-refractivity contribution in [1.29, 1.82) is 0 Å². The molecule has 28 heavy (non-hydrogen) atoms. The topological polar surface area (TPSA) is 109 Å². The zero-order valence-electron chi connectivity index (χ0n) is 15.7. The third-order valence-corrected chi connectivity index (χ3v) is 5.22. The van der Waals surface area contributed by atoms with Gasteiger partial charge in [0.2, 0.25) is 0 Å². The largest absolute Gasteiger partial charge is 0.398 e. The van der Waals surface area contributed by atoms with Crippen LogP contribution in [0.4, 0.5) is 11.4 Å². The molecule has 0 saturated heterocycles. The molecule has 0 amide bonds. The van der Waals surface area contributed by atoms with Crippen LogP contribution in [0.25, 0.3) is 44.8 Å². The van der Waals surface area contributed by atoms with Crippen molar-refractivity contribution in [3.05, 3.63) is 59.7 Å². The van der Waals surface area contributed by atoms with Crippen LogP contribution >= 0.6 is 0 Å². The number of H-pyrrole nitrogens is 2. The van der Waals surface area contributed by atoms with E-state index in [4.69, 9.17) is 21.4 Å². The number of nitrogen functional groups attached to an aromatic ring is 2. The molecule has 2 aromatic heterocycles. The second kappa shape index (κ2) is 5.85. The number of benzene rings is 3. The number of imidazole rings is 2. The van der Waals surface area contributed by atoms with Crippen LogP contribution < -0.4 is 11.5 Å². The van der Waals surface area contributed by atoms with Gasteiger partial charge in [0.25, 0.3) is 0 Å². The fourth-order valence-corrected chi connectivity index (χ4v) is 3.53. The molecule has 0 spiro atoms. The van der Waals surface area contributed by atoms with E-state index >= 15 is 0 Å². The average Bonchev–Trinajstić information content (AvgIpc) is 3.30. The van der Waals surface area contributed by atoms with Gasteiger partial charge in [-0.1, -0.05) is 30.3 Å². The van der Waals surface area contributed by atoms with Gasteiger partial charge in [-0.3, -0.25) is 0 Å². The van der Waals surface area contributed by atoms with Crippen LogP contribution in [0.3, 0.4) is 0 Å². The van der Waals surface area contributed by atoms with Crippen molar-refractivity contribution >= 4 is 33.4 Å². The Labute approximate surface area is 161 Å². The van der Waals surface area contributed by atoms with Crippen molar-refractivity contribution in [1.82, 2.24) is 19.9 Å². The number of anilines is 2. The van der Waals surface area contributed by atoms with Gasteiger partial charge < -0.3 is 21.4 Å². The average molecular weight is 368 g/mol. The van der Waals surface area contributed by atoms with Crippen molar-refractivity contribution in [2.45, 2.75) is 13.8 Å². The van der Waals surface area contributed by atoms with E-state index in [1.807, 2.05) is 62.4 Å². The molecular weight excluding hydrogens is 348 g/mol. The van der Waals surface area contributed by atoms with Crippen molar-refractivity contribution in [2.75, 3.05) is 11.5 Å². The predicted molar refractivity (Wildman–Crippen MR) is 115 cm³/mol. The Hall–Kier alpha value is -3.80. The lowest BCUT2D eigenvalue weighted by molar-refractivity contribution is 1.30. The highest BCUT2D eigenvalue weighted by atomic mass is 14.9. The number of hydrogen-bond acceptors (Lipinski definition) is 4. The minimum Gasteiger partial charge on any atom is -0.398 e. The quantitative estimate of drug-likeness (QED) is 0.343. The molecule has 3 aromatic carbocycles. The highest BCUT2D eigenvalue weighted by molar-refractivity contribution is 5.93. The van der Waals surface area contributed by atoms with E-state index in [0.717, 1.165) is 61.7 Å². The lowest BCUT2D eigenvalue weighted by Gasteiger charge is -2.04. The van der Waals surface area contributed by atoms with E-state index in [9.17, 15) is 0 Å². The highest BCUT2D eigenvalue weighted by Gasteiger charge is 2.15. The summed E-state index contributed by atoms with van der Waals surface area (Å²) in [6, 6.07) is 16.0. The summed E-state index contributed by atoms with van der Waals surface area (Å²) in [5, 5.41) is 0. The number of hydrogen-bond donors (Lipinski definition) is 4. The van der Waals surface area contributed by atoms with E-state index in [1.165, 1.54) is 0 Å². The zero-order chi connectivity index (χ0) is 19.4. The first-order valence-corrected chi connectivity index (χ1v) is 9.11. The molecule has 2 heterocycles. The minimum absolute atomic E-state index is 0.701. The predicted octanol–water partition coefficient (Wildman–Crippen LogP) is 4.55. The summed E-state index contributed by atoms with van der Waals surface area (Å²) in [6.45, 7) is 3.98. The molecule has 0 aliphatic heterocycles.